The fourth-order valence-corrected chi connectivity index (χ4v) is 2.77. The molecule has 0 bridgehead atoms. The molecular formula is C14H25NO3. The molecule has 18 heavy (non-hydrogen) atoms. The third kappa shape index (κ3) is 4.67. The van der Waals surface area contributed by atoms with Crippen molar-refractivity contribution in [2.45, 2.75) is 58.4 Å². The van der Waals surface area contributed by atoms with E-state index in [1.54, 1.807) is 0 Å². The van der Waals surface area contributed by atoms with E-state index in [9.17, 15) is 9.59 Å². The first-order valence-corrected chi connectivity index (χ1v) is 6.87. The Hall–Kier alpha value is -1.06. The molecular weight excluding hydrogens is 230 g/mol. The summed E-state index contributed by atoms with van der Waals surface area (Å²) >= 11 is 0. The molecule has 4 nitrogen and oxygen atoms in total. The minimum absolute atomic E-state index is 0.0701. The molecule has 0 aliphatic heterocycles. The molecule has 104 valence electrons. The number of rotatable bonds is 5. The Balaban J connectivity index is 2.42. The van der Waals surface area contributed by atoms with E-state index in [-0.39, 0.29) is 18.2 Å². The van der Waals surface area contributed by atoms with Crippen molar-refractivity contribution in [2.75, 3.05) is 7.05 Å². The number of carbonyl (C=O) groups is 2. The lowest BCUT2D eigenvalue weighted by Crippen LogP contribution is -2.40. The largest absolute Gasteiger partial charge is 0.481 e. The zero-order valence-corrected chi connectivity index (χ0v) is 11.7. The number of carboxylic acid groups (broad SMARTS) is 1. The fourth-order valence-electron chi connectivity index (χ4n) is 2.77. The maximum atomic E-state index is 12.1. The monoisotopic (exact) mass is 255 g/mol. The van der Waals surface area contributed by atoms with Gasteiger partial charge in [-0.1, -0.05) is 26.7 Å². The number of carbonyl (C=O) groups excluding carboxylic acids is 1. The highest BCUT2D eigenvalue weighted by Crippen LogP contribution is 2.27. The zero-order valence-electron chi connectivity index (χ0n) is 11.7. The van der Waals surface area contributed by atoms with Crippen molar-refractivity contribution in [2.24, 2.45) is 11.8 Å². The third-order valence-electron chi connectivity index (χ3n) is 3.90. The summed E-state index contributed by atoms with van der Waals surface area (Å²) in [6.45, 7) is 4.06. The predicted octanol–water partition coefficient (Wildman–Crippen LogP) is 2.52. The maximum absolute atomic E-state index is 12.1. The minimum Gasteiger partial charge on any atom is -0.481 e. The lowest BCUT2D eigenvalue weighted by molar-refractivity contribution is -0.138. The second kappa shape index (κ2) is 6.76. The molecule has 0 radical (unpaired) electrons. The van der Waals surface area contributed by atoms with E-state index < -0.39 is 5.97 Å². The van der Waals surface area contributed by atoms with E-state index in [4.69, 9.17) is 5.11 Å². The van der Waals surface area contributed by atoms with Crippen LogP contribution in [0.1, 0.15) is 52.4 Å². The van der Waals surface area contributed by atoms with Crippen LogP contribution in [0, 0.1) is 11.8 Å². The van der Waals surface area contributed by atoms with Gasteiger partial charge in [-0.25, -0.2) is 0 Å². The maximum Gasteiger partial charge on any atom is 0.303 e. The van der Waals surface area contributed by atoms with Gasteiger partial charge in [0.2, 0.25) is 5.91 Å². The van der Waals surface area contributed by atoms with Crippen LogP contribution in [0.3, 0.4) is 0 Å². The molecule has 0 aromatic rings. The highest BCUT2D eigenvalue weighted by atomic mass is 16.4. The molecule has 1 aliphatic rings. The summed E-state index contributed by atoms with van der Waals surface area (Å²) < 4.78 is 0. The summed E-state index contributed by atoms with van der Waals surface area (Å²) in [6.07, 6.45) is 5.02. The molecule has 0 aromatic carbocycles. The Morgan fingerprint density at radius 3 is 2.56 bits per heavy atom. The van der Waals surface area contributed by atoms with E-state index in [1.165, 1.54) is 12.8 Å². The molecule has 0 spiro atoms. The summed E-state index contributed by atoms with van der Waals surface area (Å²) in [5.41, 5.74) is 0. The average Bonchev–Trinajstić information content (AvgIpc) is 2.26. The quantitative estimate of drug-likeness (QED) is 0.821. The smallest absolute Gasteiger partial charge is 0.303 e. The van der Waals surface area contributed by atoms with Crippen LogP contribution in [-0.4, -0.2) is 35.0 Å². The van der Waals surface area contributed by atoms with Crippen LogP contribution in [0.25, 0.3) is 0 Å². The lowest BCUT2D eigenvalue weighted by atomic mass is 9.86. The highest BCUT2D eigenvalue weighted by Gasteiger charge is 2.26. The van der Waals surface area contributed by atoms with Gasteiger partial charge in [0.05, 0.1) is 0 Å². The average molecular weight is 255 g/mol. The van der Waals surface area contributed by atoms with E-state index in [2.05, 4.69) is 6.92 Å². The molecule has 3 unspecified atom stereocenters. The van der Waals surface area contributed by atoms with Gasteiger partial charge in [-0.2, -0.15) is 0 Å². The Morgan fingerprint density at radius 2 is 2.00 bits per heavy atom. The van der Waals surface area contributed by atoms with Gasteiger partial charge >= 0.3 is 5.97 Å². The molecule has 0 saturated heterocycles. The van der Waals surface area contributed by atoms with Gasteiger partial charge in [-0.3, -0.25) is 9.59 Å². The Labute approximate surface area is 109 Å². The molecule has 4 heteroatoms. The fraction of sp³-hybridized carbons (Fsp3) is 0.857. The van der Waals surface area contributed by atoms with Crippen molar-refractivity contribution in [1.29, 1.82) is 0 Å². The SMILES string of the molecule is CC(CC(=O)O)CC(=O)N(C)C1CCCC(C)C1. The molecule has 1 rings (SSSR count). The van der Waals surface area contributed by atoms with Crippen LogP contribution in [-0.2, 0) is 9.59 Å². The zero-order chi connectivity index (χ0) is 13.7. The lowest BCUT2D eigenvalue weighted by Gasteiger charge is -2.34. The van der Waals surface area contributed by atoms with E-state index >= 15 is 0 Å². The molecule has 1 fully saturated rings. The van der Waals surface area contributed by atoms with Crippen molar-refractivity contribution in [3.05, 3.63) is 0 Å². The van der Waals surface area contributed by atoms with Crippen LogP contribution in [0.15, 0.2) is 0 Å². The van der Waals surface area contributed by atoms with Gasteiger partial charge in [0.25, 0.3) is 0 Å². The highest BCUT2D eigenvalue weighted by molar-refractivity contribution is 5.77. The van der Waals surface area contributed by atoms with Crippen LogP contribution in [0.2, 0.25) is 0 Å². The van der Waals surface area contributed by atoms with Gasteiger partial charge in [-0.15, -0.1) is 0 Å². The Kier molecular flexibility index (Phi) is 5.63. The first-order valence-electron chi connectivity index (χ1n) is 6.87. The normalized spacial score (nSPS) is 25.5. The van der Waals surface area contributed by atoms with Crippen LogP contribution in [0.5, 0.6) is 0 Å². The second-order valence-electron chi connectivity index (χ2n) is 5.84. The Morgan fingerprint density at radius 1 is 1.33 bits per heavy atom. The van der Waals surface area contributed by atoms with Crippen molar-refractivity contribution in [1.82, 2.24) is 4.90 Å². The predicted molar refractivity (Wildman–Crippen MR) is 70.2 cm³/mol. The molecule has 0 aromatic heterocycles. The van der Waals surface area contributed by atoms with E-state index in [1.807, 2.05) is 18.9 Å². The molecule has 1 amide bonds. The third-order valence-corrected chi connectivity index (χ3v) is 3.90. The van der Waals surface area contributed by atoms with Gasteiger partial charge < -0.3 is 10.0 Å². The van der Waals surface area contributed by atoms with Gasteiger partial charge in [0, 0.05) is 25.9 Å². The molecule has 1 N–H and O–H groups in total. The standard InChI is InChI=1S/C14H25NO3/c1-10-5-4-6-12(7-10)15(3)13(16)8-11(2)9-14(17)18/h10-12H,4-9H2,1-3H3,(H,17,18). The number of hydrogen-bond donors (Lipinski definition) is 1. The number of carboxylic acids is 1. The van der Waals surface area contributed by atoms with Gasteiger partial charge in [0.1, 0.15) is 0 Å². The van der Waals surface area contributed by atoms with E-state index in [0.717, 1.165) is 12.8 Å². The van der Waals surface area contributed by atoms with Crippen LogP contribution in [0.4, 0.5) is 0 Å². The molecule has 1 aliphatic carbocycles. The van der Waals surface area contributed by atoms with Crippen molar-refractivity contribution in [3.63, 3.8) is 0 Å². The summed E-state index contributed by atoms with van der Waals surface area (Å²) in [5.74, 6) is -0.138. The molecule has 3 atom stereocenters. The Bertz CT molecular complexity index is 303. The first-order chi connectivity index (χ1) is 8.40. The summed E-state index contributed by atoms with van der Waals surface area (Å²) in [5, 5.41) is 8.69. The van der Waals surface area contributed by atoms with Crippen molar-refractivity contribution in [3.8, 4) is 0 Å². The summed E-state index contributed by atoms with van der Waals surface area (Å²) in [4.78, 5) is 24.5. The number of hydrogen-bond acceptors (Lipinski definition) is 2. The minimum atomic E-state index is -0.829. The number of nitrogens with zero attached hydrogens (tertiary/aromatic N) is 1. The van der Waals surface area contributed by atoms with Gasteiger partial charge in [-0.05, 0) is 24.7 Å². The van der Waals surface area contributed by atoms with Crippen molar-refractivity contribution >= 4 is 11.9 Å². The first kappa shape index (κ1) is 15.0. The summed E-state index contributed by atoms with van der Waals surface area (Å²) in [7, 11) is 1.86. The van der Waals surface area contributed by atoms with Crippen LogP contribution >= 0.6 is 0 Å². The summed E-state index contributed by atoms with van der Waals surface area (Å²) in [6, 6.07) is 0.346. The topological polar surface area (TPSA) is 57.6 Å². The number of amides is 1. The van der Waals surface area contributed by atoms with Crippen LogP contribution < -0.4 is 0 Å². The van der Waals surface area contributed by atoms with Crippen molar-refractivity contribution < 1.29 is 14.7 Å². The number of aliphatic carboxylic acids is 1. The van der Waals surface area contributed by atoms with Gasteiger partial charge in [0.15, 0.2) is 0 Å². The van der Waals surface area contributed by atoms with E-state index in [0.29, 0.717) is 18.4 Å². The molecule has 1 saturated carbocycles. The second-order valence-corrected chi connectivity index (χ2v) is 5.84. The molecule has 0 heterocycles.